The SMILES string of the molecule is COCc1cc(C(=O)O)ccc1I. The lowest BCUT2D eigenvalue weighted by molar-refractivity contribution is 0.0696. The van der Waals surface area contributed by atoms with Crippen molar-refractivity contribution in [2.45, 2.75) is 6.61 Å². The van der Waals surface area contributed by atoms with Gasteiger partial charge in [-0.25, -0.2) is 4.79 Å². The number of carbonyl (C=O) groups is 1. The predicted molar refractivity (Wildman–Crippen MR) is 56.8 cm³/mol. The molecule has 4 heteroatoms. The van der Waals surface area contributed by atoms with Crippen molar-refractivity contribution in [3.05, 3.63) is 32.9 Å². The van der Waals surface area contributed by atoms with Gasteiger partial charge in [-0.3, -0.25) is 0 Å². The second-order valence-electron chi connectivity index (χ2n) is 2.54. The van der Waals surface area contributed by atoms with E-state index in [9.17, 15) is 4.79 Å². The highest BCUT2D eigenvalue weighted by Gasteiger charge is 2.06. The zero-order valence-electron chi connectivity index (χ0n) is 7.08. The Kier molecular flexibility index (Phi) is 3.68. The molecule has 0 saturated heterocycles. The van der Waals surface area contributed by atoms with E-state index in [2.05, 4.69) is 22.6 Å². The molecule has 0 unspecified atom stereocenters. The average molecular weight is 292 g/mol. The highest BCUT2D eigenvalue weighted by Crippen LogP contribution is 2.15. The molecule has 0 radical (unpaired) electrons. The summed E-state index contributed by atoms with van der Waals surface area (Å²) in [5.74, 6) is -0.909. The summed E-state index contributed by atoms with van der Waals surface area (Å²) in [7, 11) is 1.59. The van der Waals surface area contributed by atoms with Crippen LogP contribution in [0.5, 0.6) is 0 Å². The van der Waals surface area contributed by atoms with Crippen molar-refractivity contribution < 1.29 is 14.6 Å². The number of carboxylic acid groups (broad SMARTS) is 1. The molecule has 0 saturated carbocycles. The molecule has 0 atom stereocenters. The lowest BCUT2D eigenvalue weighted by atomic mass is 10.1. The van der Waals surface area contributed by atoms with Crippen molar-refractivity contribution in [3.8, 4) is 0 Å². The maximum Gasteiger partial charge on any atom is 0.335 e. The molecule has 0 bridgehead atoms. The van der Waals surface area contributed by atoms with E-state index in [4.69, 9.17) is 9.84 Å². The van der Waals surface area contributed by atoms with Crippen molar-refractivity contribution in [2.24, 2.45) is 0 Å². The first-order valence-corrected chi connectivity index (χ1v) is 4.73. The summed E-state index contributed by atoms with van der Waals surface area (Å²) in [6.45, 7) is 0.444. The van der Waals surface area contributed by atoms with Crippen molar-refractivity contribution in [2.75, 3.05) is 7.11 Å². The third-order valence-corrected chi connectivity index (χ3v) is 2.64. The zero-order chi connectivity index (χ0) is 9.84. The Balaban J connectivity index is 3.03. The Morgan fingerprint density at radius 3 is 2.85 bits per heavy atom. The van der Waals surface area contributed by atoms with Crippen LogP contribution in [0, 0.1) is 3.57 Å². The van der Waals surface area contributed by atoms with Gasteiger partial charge in [-0.2, -0.15) is 0 Å². The van der Waals surface area contributed by atoms with E-state index in [1.807, 2.05) is 0 Å². The van der Waals surface area contributed by atoms with Crippen LogP contribution in [0.15, 0.2) is 18.2 Å². The Labute approximate surface area is 89.9 Å². The van der Waals surface area contributed by atoms with E-state index in [0.717, 1.165) is 9.13 Å². The number of hydrogen-bond acceptors (Lipinski definition) is 2. The average Bonchev–Trinajstić information content (AvgIpc) is 2.08. The van der Waals surface area contributed by atoms with E-state index in [1.54, 1.807) is 25.3 Å². The van der Waals surface area contributed by atoms with E-state index in [-0.39, 0.29) is 0 Å². The largest absolute Gasteiger partial charge is 0.478 e. The third-order valence-electron chi connectivity index (χ3n) is 1.59. The molecule has 0 amide bonds. The van der Waals surface area contributed by atoms with E-state index in [0.29, 0.717) is 12.2 Å². The fourth-order valence-corrected chi connectivity index (χ4v) is 1.47. The van der Waals surface area contributed by atoms with Crippen LogP contribution in [0.25, 0.3) is 0 Å². The van der Waals surface area contributed by atoms with E-state index in [1.165, 1.54) is 0 Å². The summed E-state index contributed by atoms with van der Waals surface area (Å²) in [6, 6.07) is 5.00. The summed E-state index contributed by atoms with van der Waals surface area (Å²) in [6.07, 6.45) is 0. The molecule has 0 aliphatic carbocycles. The third kappa shape index (κ3) is 2.67. The Morgan fingerprint density at radius 1 is 1.62 bits per heavy atom. The zero-order valence-corrected chi connectivity index (χ0v) is 9.24. The van der Waals surface area contributed by atoms with Crippen molar-refractivity contribution in [1.82, 2.24) is 0 Å². The molecule has 0 fully saturated rings. The van der Waals surface area contributed by atoms with Gasteiger partial charge in [0, 0.05) is 10.7 Å². The second-order valence-corrected chi connectivity index (χ2v) is 3.71. The first-order valence-electron chi connectivity index (χ1n) is 3.66. The minimum Gasteiger partial charge on any atom is -0.478 e. The number of ether oxygens (including phenoxy) is 1. The van der Waals surface area contributed by atoms with Gasteiger partial charge in [0.05, 0.1) is 12.2 Å². The first kappa shape index (κ1) is 10.5. The fraction of sp³-hybridized carbons (Fsp3) is 0.222. The summed E-state index contributed by atoms with van der Waals surface area (Å²) in [5.41, 5.74) is 1.20. The second kappa shape index (κ2) is 4.57. The number of benzene rings is 1. The molecule has 0 aromatic heterocycles. The molecule has 0 spiro atoms. The molecule has 1 N–H and O–H groups in total. The predicted octanol–water partition coefficient (Wildman–Crippen LogP) is 2.14. The molecule has 13 heavy (non-hydrogen) atoms. The van der Waals surface area contributed by atoms with Crippen LogP contribution in [-0.2, 0) is 11.3 Å². The fourth-order valence-electron chi connectivity index (χ4n) is 0.974. The molecular formula is C9H9IO3. The molecule has 70 valence electrons. The molecule has 1 aromatic carbocycles. The monoisotopic (exact) mass is 292 g/mol. The molecule has 3 nitrogen and oxygen atoms in total. The lowest BCUT2D eigenvalue weighted by Crippen LogP contribution is -1.99. The van der Waals surface area contributed by atoms with Crippen LogP contribution in [0.2, 0.25) is 0 Å². The van der Waals surface area contributed by atoms with Crippen LogP contribution >= 0.6 is 22.6 Å². The maximum atomic E-state index is 10.6. The standard InChI is InChI=1S/C9H9IO3/c1-13-5-7-4-6(9(11)12)2-3-8(7)10/h2-4H,5H2,1H3,(H,11,12). The smallest absolute Gasteiger partial charge is 0.335 e. The van der Waals surface area contributed by atoms with E-state index < -0.39 is 5.97 Å². The first-order chi connectivity index (χ1) is 6.15. The van der Waals surface area contributed by atoms with Crippen LogP contribution in [-0.4, -0.2) is 18.2 Å². The Bertz CT molecular complexity index is 323. The quantitative estimate of drug-likeness (QED) is 0.868. The number of carboxylic acids is 1. The van der Waals surface area contributed by atoms with Crippen molar-refractivity contribution in [3.63, 3.8) is 0 Å². The highest BCUT2D eigenvalue weighted by molar-refractivity contribution is 14.1. The Hall–Kier alpha value is -0.620. The van der Waals surface area contributed by atoms with Crippen molar-refractivity contribution >= 4 is 28.6 Å². The van der Waals surface area contributed by atoms with Gasteiger partial charge in [0.2, 0.25) is 0 Å². The molecule has 0 aliphatic heterocycles. The maximum absolute atomic E-state index is 10.6. The van der Waals surface area contributed by atoms with Gasteiger partial charge < -0.3 is 9.84 Å². The van der Waals surface area contributed by atoms with E-state index >= 15 is 0 Å². The number of halogens is 1. The van der Waals surface area contributed by atoms with Gasteiger partial charge >= 0.3 is 5.97 Å². The minimum absolute atomic E-state index is 0.299. The Morgan fingerprint density at radius 2 is 2.31 bits per heavy atom. The van der Waals surface area contributed by atoms with Gasteiger partial charge in [-0.1, -0.05) is 0 Å². The normalized spacial score (nSPS) is 10.0. The van der Waals surface area contributed by atoms with Crippen molar-refractivity contribution in [1.29, 1.82) is 0 Å². The number of rotatable bonds is 3. The van der Waals surface area contributed by atoms with Gasteiger partial charge in [0.1, 0.15) is 0 Å². The summed E-state index contributed by atoms with van der Waals surface area (Å²) in [5, 5.41) is 8.73. The molecular weight excluding hydrogens is 283 g/mol. The van der Waals surface area contributed by atoms with Crippen LogP contribution in [0.1, 0.15) is 15.9 Å². The molecule has 0 heterocycles. The number of aromatic carboxylic acids is 1. The van der Waals surface area contributed by atoms with Crippen LogP contribution < -0.4 is 0 Å². The molecule has 0 aliphatic rings. The lowest BCUT2D eigenvalue weighted by Gasteiger charge is -2.03. The summed E-state index contributed by atoms with van der Waals surface area (Å²) in [4.78, 5) is 10.6. The summed E-state index contributed by atoms with van der Waals surface area (Å²) < 4.78 is 5.96. The van der Waals surface area contributed by atoms with Gasteiger partial charge in [0.25, 0.3) is 0 Å². The highest BCUT2D eigenvalue weighted by atomic mass is 127. The molecule has 1 rings (SSSR count). The van der Waals surface area contributed by atoms with Crippen LogP contribution in [0.3, 0.4) is 0 Å². The summed E-state index contributed by atoms with van der Waals surface area (Å²) >= 11 is 2.15. The minimum atomic E-state index is -0.909. The van der Waals surface area contributed by atoms with Crippen LogP contribution in [0.4, 0.5) is 0 Å². The van der Waals surface area contributed by atoms with Gasteiger partial charge in [-0.05, 0) is 46.4 Å². The molecule has 1 aromatic rings. The number of hydrogen-bond donors (Lipinski definition) is 1. The van der Waals surface area contributed by atoms with Gasteiger partial charge in [-0.15, -0.1) is 0 Å². The topological polar surface area (TPSA) is 46.5 Å². The van der Waals surface area contributed by atoms with Gasteiger partial charge in [0.15, 0.2) is 0 Å². The number of methoxy groups -OCH3 is 1.